The average molecular weight is 404 g/mol. The summed E-state index contributed by atoms with van der Waals surface area (Å²) in [5.41, 5.74) is 0.629. The standard InChI is InChI=1S/C22H26ClNO4/c1-26-15-27-19-10-4-17(5-11-19)22(25)24-14-16-2-8-20(9-3-16)28-21-12-6-18(23)7-13-21/h4-7,10-13,16,20H,2-3,8-9,14-15H2,1H3,(H,24,25)/t16-,20+. The first-order valence-corrected chi connectivity index (χ1v) is 9.94. The summed E-state index contributed by atoms with van der Waals surface area (Å²) in [5.74, 6) is 1.97. The first kappa shape index (κ1) is 20.5. The second-order valence-corrected chi connectivity index (χ2v) is 7.44. The van der Waals surface area contributed by atoms with Gasteiger partial charge in [-0.05, 0) is 80.1 Å². The number of carbonyl (C=O) groups is 1. The Morgan fingerprint density at radius 3 is 2.29 bits per heavy atom. The molecule has 1 aliphatic carbocycles. The van der Waals surface area contributed by atoms with Crippen molar-refractivity contribution in [3.63, 3.8) is 0 Å². The molecule has 0 aromatic heterocycles. The maximum atomic E-state index is 12.3. The van der Waals surface area contributed by atoms with Crippen molar-refractivity contribution in [2.75, 3.05) is 20.4 Å². The lowest BCUT2D eigenvalue weighted by molar-refractivity contribution is 0.0511. The Hall–Kier alpha value is -2.24. The van der Waals surface area contributed by atoms with Crippen molar-refractivity contribution in [3.8, 4) is 11.5 Å². The lowest BCUT2D eigenvalue weighted by Gasteiger charge is -2.29. The summed E-state index contributed by atoms with van der Waals surface area (Å²) < 4.78 is 16.2. The molecular weight excluding hydrogens is 378 g/mol. The number of hydrogen-bond acceptors (Lipinski definition) is 4. The molecule has 1 saturated carbocycles. The Kier molecular flexibility index (Phi) is 7.57. The highest BCUT2D eigenvalue weighted by atomic mass is 35.5. The summed E-state index contributed by atoms with van der Waals surface area (Å²) in [6.07, 6.45) is 4.31. The Morgan fingerprint density at radius 2 is 1.64 bits per heavy atom. The molecule has 5 nitrogen and oxygen atoms in total. The smallest absolute Gasteiger partial charge is 0.251 e. The first-order valence-electron chi connectivity index (χ1n) is 9.56. The number of ether oxygens (including phenoxy) is 3. The molecule has 1 N–H and O–H groups in total. The van der Waals surface area contributed by atoms with Gasteiger partial charge in [0.15, 0.2) is 6.79 Å². The van der Waals surface area contributed by atoms with Gasteiger partial charge in [-0.3, -0.25) is 4.79 Å². The molecule has 0 aliphatic heterocycles. The molecule has 2 aromatic rings. The second kappa shape index (κ2) is 10.3. The van der Waals surface area contributed by atoms with Crippen molar-refractivity contribution in [2.24, 2.45) is 5.92 Å². The quantitative estimate of drug-likeness (QED) is 0.649. The van der Waals surface area contributed by atoms with Crippen molar-refractivity contribution >= 4 is 17.5 Å². The molecule has 28 heavy (non-hydrogen) atoms. The minimum absolute atomic E-state index is 0.0576. The summed E-state index contributed by atoms with van der Waals surface area (Å²) >= 11 is 5.90. The van der Waals surface area contributed by atoms with Crippen LogP contribution in [-0.4, -0.2) is 32.5 Å². The van der Waals surface area contributed by atoms with Crippen LogP contribution in [0.15, 0.2) is 48.5 Å². The fourth-order valence-electron chi connectivity index (χ4n) is 3.33. The number of benzene rings is 2. The highest BCUT2D eigenvalue weighted by molar-refractivity contribution is 6.30. The molecular formula is C22H26ClNO4. The van der Waals surface area contributed by atoms with E-state index in [-0.39, 0.29) is 18.8 Å². The third-order valence-corrected chi connectivity index (χ3v) is 5.17. The van der Waals surface area contributed by atoms with Gasteiger partial charge in [-0.15, -0.1) is 0 Å². The number of rotatable bonds is 8. The van der Waals surface area contributed by atoms with Crippen molar-refractivity contribution < 1.29 is 19.0 Å². The fraction of sp³-hybridized carbons (Fsp3) is 0.409. The maximum absolute atomic E-state index is 12.3. The van der Waals surface area contributed by atoms with Gasteiger partial charge in [0.2, 0.25) is 0 Å². The molecule has 0 atom stereocenters. The average Bonchev–Trinajstić information content (AvgIpc) is 2.73. The SMILES string of the molecule is COCOc1ccc(C(=O)NC[C@H]2CC[C@@H](Oc3ccc(Cl)cc3)CC2)cc1. The molecule has 0 unspecified atom stereocenters. The van der Waals surface area contributed by atoms with Gasteiger partial charge < -0.3 is 19.5 Å². The molecule has 6 heteroatoms. The molecule has 0 spiro atoms. The second-order valence-electron chi connectivity index (χ2n) is 7.00. The van der Waals surface area contributed by atoms with Gasteiger partial charge in [0.05, 0.1) is 6.10 Å². The third-order valence-electron chi connectivity index (χ3n) is 4.92. The van der Waals surface area contributed by atoms with E-state index in [1.807, 2.05) is 24.3 Å². The number of amides is 1. The van der Waals surface area contributed by atoms with Crippen LogP contribution in [0.3, 0.4) is 0 Å². The van der Waals surface area contributed by atoms with E-state index >= 15 is 0 Å². The topological polar surface area (TPSA) is 56.8 Å². The molecule has 2 aromatic carbocycles. The lowest BCUT2D eigenvalue weighted by Crippen LogP contribution is -2.33. The Labute approximate surface area is 170 Å². The van der Waals surface area contributed by atoms with E-state index in [1.165, 1.54) is 0 Å². The zero-order chi connectivity index (χ0) is 19.8. The largest absolute Gasteiger partial charge is 0.490 e. The van der Waals surface area contributed by atoms with E-state index in [9.17, 15) is 4.79 Å². The predicted molar refractivity (Wildman–Crippen MR) is 109 cm³/mol. The van der Waals surface area contributed by atoms with E-state index in [1.54, 1.807) is 31.4 Å². The number of carbonyl (C=O) groups excluding carboxylic acids is 1. The minimum atomic E-state index is -0.0576. The summed E-state index contributed by atoms with van der Waals surface area (Å²) in [6, 6.07) is 14.6. The number of halogens is 1. The molecule has 0 bridgehead atoms. The van der Waals surface area contributed by atoms with Crippen LogP contribution < -0.4 is 14.8 Å². The highest BCUT2D eigenvalue weighted by Gasteiger charge is 2.23. The molecule has 150 valence electrons. The minimum Gasteiger partial charge on any atom is -0.490 e. The van der Waals surface area contributed by atoms with Gasteiger partial charge in [0.1, 0.15) is 11.5 Å². The van der Waals surface area contributed by atoms with Crippen LogP contribution in [0.5, 0.6) is 11.5 Å². The van der Waals surface area contributed by atoms with Crippen molar-refractivity contribution in [2.45, 2.75) is 31.8 Å². The van der Waals surface area contributed by atoms with Crippen LogP contribution in [0.1, 0.15) is 36.0 Å². The number of methoxy groups -OCH3 is 1. The van der Waals surface area contributed by atoms with Crippen LogP contribution in [0.4, 0.5) is 0 Å². The molecule has 1 amide bonds. The first-order chi connectivity index (χ1) is 13.6. The predicted octanol–water partition coefficient (Wildman–Crippen LogP) is 4.69. The van der Waals surface area contributed by atoms with Crippen LogP contribution in [0.25, 0.3) is 0 Å². The van der Waals surface area contributed by atoms with Crippen molar-refractivity contribution in [1.29, 1.82) is 0 Å². The lowest BCUT2D eigenvalue weighted by atomic mass is 9.87. The van der Waals surface area contributed by atoms with Gasteiger partial charge in [-0.2, -0.15) is 0 Å². The molecule has 3 rings (SSSR count). The van der Waals surface area contributed by atoms with Gasteiger partial charge >= 0.3 is 0 Å². The molecule has 0 heterocycles. The van der Waals surface area contributed by atoms with Crippen LogP contribution in [0, 0.1) is 5.92 Å². The van der Waals surface area contributed by atoms with Gasteiger partial charge in [-0.1, -0.05) is 11.6 Å². The Morgan fingerprint density at radius 1 is 1.00 bits per heavy atom. The van der Waals surface area contributed by atoms with Crippen LogP contribution in [0.2, 0.25) is 5.02 Å². The maximum Gasteiger partial charge on any atom is 0.251 e. The molecule has 1 aliphatic rings. The Balaban J connectivity index is 1.38. The van der Waals surface area contributed by atoms with E-state index in [2.05, 4.69) is 5.32 Å². The van der Waals surface area contributed by atoms with E-state index < -0.39 is 0 Å². The zero-order valence-corrected chi connectivity index (χ0v) is 16.8. The fourth-order valence-corrected chi connectivity index (χ4v) is 3.45. The van der Waals surface area contributed by atoms with Crippen molar-refractivity contribution in [1.82, 2.24) is 5.32 Å². The molecule has 0 radical (unpaired) electrons. The van der Waals surface area contributed by atoms with Crippen LogP contribution >= 0.6 is 11.6 Å². The van der Waals surface area contributed by atoms with Gasteiger partial charge in [-0.25, -0.2) is 0 Å². The normalized spacial score (nSPS) is 19.1. The number of nitrogens with one attached hydrogen (secondary N) is 1. The van der Waals surface area contributed by atoms with Crippen molar-refractivity contribution in [3.05, 3.63) is 59.1 Å². The van der Waals surface area contributed by atoms with E-state index in [0.717, 1.165) is 31.4 Å². The highest BCUT2D eigenvalue weighted by Crippen LogP contribution is 2.28. The monoisotopic (exact) mass is 403 g/mol. The summed E-state index contributed by atoms with van der Waals surface area (Å²) in [5, 5.41) is 3.75. The van der Waals surface area contributed by atoms with E-state index in [0.29, 0.717) is 28.8 Å². The Bertz CT molecular complexity index is 740. The van der Waals surface area contributed by atoms with Crippen LogP contribution in [-0.2, 0) is 4.74 Å². The van der Waals surface area contributed by atoms with Gasteiger partial charge in [0.25, 0.3) is 5.91 Å². The van der Waals surface area contributed by atoms with Gasteiger partial charge in [0, 0.05) is 24.2 Å². The number of hydrogen-bond donors (Lipinski definition) is 1. The summed E-state index contributed by atoms with van der Waals surface area (Å²) in [4.78, 5) is 12.3. The summed E-state index contributed by atoms with van der Waals surface area (Å²) in [6.45, 7) is 0.879. The zero-order valence-electron chi connectivity index (χ0n) is 16.0. The molecule has 1 fully saturated rings. The summed E-state index contributed by atoms with van der Waals surface area (Å²) in [7, 11) is 1.57. The third kappa shape index (κ3) is 6.14. The van der Waals surface area contributed by atoms with E-state index in [4.69, 9.17) is 25.8 Å². The molecule has 0 saturated heterocycles.